The number of esters is 1. The molecule has 3 aromatic rings. The Kier molecular flexibility index (Phi) is 5.85. The van der Waals surface area contributed by atoms with E-state index < -0.39 is 6.04 Å². The van der Waals surface area contributed by atoms with Crippen molar-refractivity contribution in [1.82, 2.24) is 9.80 Å². The molecule has 150 valence electrons. The van der Waals surface area contributed by atoms with E-state index in [2.05, 4.69) is 4.90 Å². The summed E-state index contributed by atoms with van der Waals surface area (Å²) >= 11 is 7.51. The van der Waals surface area contributed by atoms with Gasteiger partial charge in [0.15, 0.2) is 0 Å². The molecule has 7 heteroatoms. The number of nitrogens with zero attached hydrogens (tertiary/aromatic N) is 2. The van der Waals surface area contributed by atoms with Crippen LogP contribution in [0.5, 0.6) is 0 Å². The highest BCUT2D eigenvalue weighted by Crippen LogP contribution is 2.28. The van der Waals surface area contributed by atoms with Crippen molar-refractivity contribution in [3.63, 3.8) is 0 Å². The number of piperazine rings is 1. The fourth-order valence-corrected chi connectivity index (χ4v) is 4.84. The lowest BCUT2D eigenvalue weighted by atomic mass is 10.0. The van der Waals surface area contributed by atoms with Crippen LogP contribution in [0.15, 0.2) is 54.6 Å². The zero-order valence-corrected chi connectivity index (χ0v) is 17.6. The Morgan fingerprint density at radius 2 is 1.72 bits per heavy atom. The number of carbonyl (C=O) groups is 2. The molecule has 1 atom stereocenters. The summed E-state index contributed by atoms with van der Waals surface area (Å²) < 4.78 is 6.15. The molecule has 1 aliphatic rings. The fraction of sp³-hybridized carbons (Fsp3) is 0.273. The van der Waals surface area contributed by atoms with E-state index in [0.717, 1.165) is 20.5 Å². The highest BCUT2D eigenvalue weighted by atomic mass is 35.5. The predicted octanol–water partition coefficient (Wildman–Crippen LogP) is 4.23. The number of hydrogen-bond donors (Lipinski definition) is 0. The van der Waals surface area contributed by atoms with E-state index in [1.165, 1.54) is 18.4 Å². The topological polar surface area (TPSA) is 49.9 Å². The summed E-state index contributed by atoms with van der Waals surface area (Å²) in [5.41, 5.74) is 0.838. The second-order valence-corrected chi connectivity index (χ2v) is 8.47. The summed E-state index contributed by atoms with van der Waals surface area (Å²) in [4.78, 5) is 30.1. The van der Waals surface area contributed by atoms with Gasteiger partial charge < -0.3 is 9.64 Å². The first-order chi connectivity index (χ1) is 14.1. The number of amides is 1. The monoisotopic (exact) mass is 428 g/mol. The molecule has 1 fully saturated rings. The molecule has 0 bridgehead atoms. The lowest BCUT2D eigenvalue weighted by Crippen LogP contribution is -2.51. The van der Waals surface area contributed by atoms with Crippen LogP contribution in [-0.2, 0) is 9.53 Å². The number of ether oxygens (including phenoxy) is 1. The number of halogens is 1. The van der Waals surface area contributed by atoms with E-state index in [9.17, 15) is 9.59 Å². The average Bonchev–Trinajstić information content (AvgIpc) is 3.19. The van der Waals surface area contributed by atoms with E-state index in [1.807, 2.05) is 47.4 Å². The lowest BCUT2D eigenvalue weighted by molar-refractivity contribution is -0.148. The van der Waals surface area contributed by atoms with Crippen LogP contribution in [-0.4, -0.2) is 55.0 Å². The Bertz CT molecular complexity index is 993. The van der Waals surface area contributed by atoms with E-state index in [-0.39, 0.29) is 11.9 Å². The molecule has 29 heavy (non-hydrogen) atoms. The second kappa shape index (κ2) is 8.53. The first-order valence-corrected chi connectivity index (χ1v) is 10.6. The molecule has 1 aliphatic heterocycles. The molecule has 4 rings (SSSR count). The lowest BCUT2D eigenvalue weighted by Gasteiger charge is -2.38. The van der Waals surface area contributed by atoms with Crippen molar-refractivity contribution in [2.24, 2.45) is 0 Å². The van der Waals surface area contributed by atoms with Gasteiger partial charge >= 0.3 is 5.97 Å². The van der Waals surface area contributed by atoms with Crippen molar-refractivity contribution in [3.05, 3.63) is 70.1 Å². The molecule has 1 amide bonds. The minimum Gasteiger partial charge on any atom is -0.468 e. The molecule has 0 aliphatic carbocycles. The van der Waals surface area contributed by atoms with Gasteiger partial charge in [-0.25, -0.2) is 4.79 Å². The smallest absolute Gasteiger partial charge is 0.327 e. The van der Waals surface area contributed by atoms with Crippen molar-refractivity contribution in [1.29, 1.82) is 0 Å². The maximum atomic E-state index is 13.0. The molecule has 0 radical (unpaired) electrons. The molecular weight excluding hydrogens is 408 g/mol. The first-order valence-electron chi connectivity index (χ1n) is 9.42. The van der Waals surface area contributed by atoms with Crippen LogP contribution in [0.4, 0.5) is 0 Å². The van der Waals surface area contributed by atoms with Crippen molar-refractivity contribution in [3.8, 4) is 0 Å². The Morgan fingerprint density at radius 3 is 2.38 bits per heavy atom. The Hall–Kier alpha value is -2.41. The minimum absolute atomic E-state index is 0.0481. The van der Waals surface area contributed by atoms with Gasteiger partial charge in [-0.1, -0.05) is 41.9 Å². The number of fused-ring (bicyclic) bond motifs is 1. The summed E-state index contributed by atoms with van der Waals surface area (Å²) in [5.74, 6) is -0.261. The Balaban J connectivity index is 1.47. The van der Waals surface area contributed by atoms with E-state index in [4.69, 9.17) is 16.3 Å². The van der Waals surface area contributed by atoms with Gasteiger partial charge in [0.25, 0.3) is 5.91 Å². The van der Waals surface area contributed by atoms with Gasteiger partial charge in [-0.15, -0.1) is 11.3 Å². The van der Waals surface area contributed by atoms with Crippen LogP contribution < -0.4 is 0 Å². The van der Waals surface area contributed by atoms with Gasteiger partial charge in [0.1, 0.15) is 6.04 Å². The van der Waals surface area contributed by atoms with Crippen LogP contribution in [0.25, 0.3) is 10.1 Å². The Morgan fingerprint density at radius 1 is 1.03 bits per heavy atom. The Labute approximate surface area is 178 Å². The second-order valence-electron chi connectivity index (χ2n) is 6.95. The SMILES string of the molecule is COC(=O)C(c1ccc(Cl)cc1)N1CCN(C(=O)c2cc3ccccc3s2)CC1. The molecular formula is C22H21ClN2O3S. The summed E-state index contributed by atoms with van der Waals surface area (Å²) in [7, 11) is 1.40. The van der Waals surface area contributed by atoms with Crippen LogP contribution in [0.3, 0.4) is 0 Å². The van der Waals surface area contributed by atoms with Crippen molar-refractivity contribution >= 4 is 44.9 Å². The van der Waals surface area contributed by atoms with Gasteiger partial charge in [0.05, 0.1) is 12.0 Å². The maximum absolute atomic E-state index is 13.0. The molecule has 1 unspecified atom stereocenters. The summed E-state index contributed by atoms with van der Waals surface area (Å²) in [5, 5.41) is 1.71. The molecule has 2 aromatic carbocycles. The molecule has 0 saturated carbocycles. The van der Waals surface area contributed by atoms with Crippen LogP contribution >= 0.6 is 22.9 Å². The predicted molar refractivity (Wildman–Crippen MR) is 116 cm³/mol. The van der Waals surface area contributed by atoms with Gasteiger partial charge in [0, 0.05) is 35.9 Å². The number of thiophene rings is 1. The molecule has 0 spiro atoms. The van der Waals surface area contributed by atoms with Crippen LogP contribution in [0, 0.1) is 0 Å². The van der Waals surface area contributed by atoms with E-state index in [1.54, 1.807) is 12.1 Å². The zero-order valence-electron chi connectivity index (χ0n) is 16.0. The molecule has 1 aromatic heterocycles. The fourth-order valence-electron chi connectivity index (χ4n) is 3.68. The normalized spacial score (nSPS) is 16.0. The number of methoxy groups -OCH3 is 1. The first kappa shape index (κ1) is 19.9. The molecule has 2 heterocycles. The van der Waals surface area contributed by atoms with E-state index in [0.29, 0.717) is 31.2 Å². The van der Waals surface area contributed by atoms with Crippen molar-refractivity contribution in [2.45, 2.75) is 6.04 Å². The third-order valence-corrected chi connectivity index (χ3v) is 6.57. The minimum atomic E-state index is -0.501. The highest BCUT2D eigenvalue weighted by molar-refractivity contribution is 7.20. The number of rotatable bonds is 4. The van der Waals surface area contributed by atoms with Gasteiger partial charge in [-0.2, -0.15) is 0 Å². The quantitative estimate of drug-likeness (QED) is 0.583. The number of benzene rings is 2. The zero-order chi connectivity index (χ0) is 20.4. The summed E-state index contributed by atoms with van der Waals surface area (Å²) in [6.07, 6.45) is 0. The van der Waals surface area contributed by atoms with Crippen molar-refractivity contribution in [2.75, 3.05) is 33.3 Å². The highest BCUT2D eigenvalue weighted by Gasteiger charge is 2.32. The summed E-state index contributed by atoms with van der Waals surface area (Å²) in [6.45, 7) is 2.32. The van der Waals surface area contributed by atoms with Gasteiger partial charge in [0.2, 0.25) is 0 Å². The maximum Gasteiger partial charge on any atom is 0.327 e. The van der Waals surface area contributed by atoms with Crippen molar-refractivity contribution < 1.29 is 14.3 Å². The average molecular weight is 429 g/mol. The van der Waals surface area contributed by atoms with E-state index >= 15 is 0 Å². The number of carbonyl (C=O) groups excluding carboxylic acids is 2. The standard InChI is InChI=1S/C22H21ClN2O3S/c1-28-22(27)20(15-6-8-17(23)9-7-15)24-10-12-25(13-11-24)21(26)19-14-16-4-2-3-5-18(16)29-19/h2-9,14,20H,10-13H2,1H3. The number of hydrogen-bond acceptors (Lipinski definition) is 5. The largest absolute Gasteiger partial charge is 0.468 e. The van der Waals surface area contributed by atoms with Gasteiger partial charge in [-0.3, -0.25) is 9.69 Å². The van der Waals surface area contributed by atoms with Crippen LogP contribution in [0.2, 0.25) is 5.02 Å². The third kappa shape index (κ3) is 4.15. The van der Waals surface area contributed by atoms with Gasteiger partial charge in [-0.05, 0) is 35.2 Å². The molecule has 5 nitrogen and oxygen atoms in total. The summed E-state index contributed by atoms with van der Waals surface area (Å²) in [6, 6.07) is 16.7. The molecule has 0 N–H and O–H groups in total. The third-order valence-electron chi connectivity index (χ3n) is 5.21. The molecule has 1 saturated heterocycles. The van der Waals surface area contributed by atoms with Crippen LogP contribution in [0.1, 0.15) is 21.3 Å².